The van der Waals surface area contributed by atoms with Crippen LogP contribution in [0, 0.1) is 5.92 Å². The number of H-pyrrole nitrogens is 1. The maximum atomic E-state index is 13.1. The van der Waals surface area contributed by atoms with Crippen molar-refractivity contribution in [1.29, 1.82) is 0 Å². The summed E-state index contributed by atoms with van der Waals surface area (Å²) in [4.78, 5) is 13.1. The van der Waals surface area contributed by atoms with Crippen LogP contribution in [0.15, 0.2) is 48.8 Å². The predicted molar refractivity (Wildman–Crippen MR) is 130 cm³/mol. The molecule has 0 saturated carbocycles. The number of rotatable bonds is 11. The molecule has 180 valence electrons. The Labute approximate surface area is 199 Å². The molecular weight excluding hydrogens is 434 g/mol. The van der Waals surface area contributed by atoms with E-state index in [2.05, 4.69) is 22.4 Å². The molecule has 2 aromatic carbocycles. The number of hydrogen-bond donors (Lipinski definition) is 2. The van der Waals surface area contributed by atoms with Gasteiger partial charge >= 0.3 is 0 Å². The first-order valence-corrected chi connectivity index (χ1v) is 11.6. The maximum Gasteiger partial charge on any atom is 0.231 e. The van der Waals surface area contributed by atoms with Gasteiger partial charge in [-0.2, -0.15) is 5.10 Å². The van der Waals surface area contributed by atoms with Crippen LogP contribution in [0.25, 0.3) is 11.1 Å². The highest BCUT2D eigenvalue weighted by atomic mass is 16.5. The van der Waals surface area contributed by atoms with Crippen LogP contribution in [-0.4, -0.2) is 49.6 Å². The highest BCUT2D eigenvalue weighted by molar-refractivity contribution is 5.95. The van der Waals surface area contributed by atoms with E-state index in [4.69, 9.17) is 18.9 Å². The molecule has 1 aliphatic heterocycles. The largest absolute Gasteiger partial charge is 0.497 e. The van der Waals surface area contributed by atoms with Gasteiger partial charge in [0.2, 0.25) is 5.91 Å². The van der Waals surface area contributed by atoms with Gasteiger partial charge in [-0.15, -0.1) is 0 Å². The lowest BCUT2D eigenvalue weighted by Gasteiger charge is -2.25. The van der Waals surface area contributed by atoms with E-state index >= 15 is 0 Å². The van der Waals surface area contributed by atoms with Crippen LogP contribution in [0.2, 0.25) is 0 Å². The molecule has 4 rings (SSSR count). The fourth-order valence-electron chi connectivity index (χ4n) is 3.79. The summed E-state index contributed by atoms with van der Waals surface area (Å²) in [5, 5.41) is 9.87. The number of nitrogens with zero attached hydrogens (tertiary/aromatic N) is 1. The zero-order valence-electron chi connectivity index (χ0n) is 19.6. The molecule has 0 saturated heterocycles. The van der Waals surface area contributed by atoms with Crippen molar-refractivity contribution in [2.75, 3.05) is 38.9 Å². The molecule has 1 amide bonds. The number of nitrogens with one attached hydrogen (secondary N) is 2. The molecule has 2 N–H and O–H groups in total. The Hall–Kier alpha value is -3.52. The van der Waals surface area contributed by atoms with Gasteiger partial charge in [-0.1, -0.05) is 19.4 Å². The number of anilines is 1. The molecule has 0 aliphatic carbocycles. The average molecular weight is 466 g/mol. The minimum Gasteiger partial charge on any atom is -0.497 e. The van der Waals surface area contributed by atoms with Crippen LogP contribution in [0.5, 0.6) is 17.2 Å². The first-order valence-electron chi connectivity index (χ1n) is 11.6. The SMILES string of the molecule is CCCCOCCOc1cc(-c2cn[nH]c2)ccc1NC(=O)C1COc2ccc(OC)cc2C1. The van der Waals surface area contributed by atoms with Crippen molar-refractivity contribution in [3.63, 3.8) is 0 Å². The Morgan fingerprint density at radius 2 is 2.09 bits per heavy atom. The highest BCUT2D eigenvalue weighted by Crippen LogP contribution is 2.33. The smallest absolute Gasteiger partial charge is 0.231 e. The van der Waals surface area contributed by atoms with Gasteiger partial charge in [-0.05, 0) is 54.3 Å². The third kappa shape index (κ3) is 5.88. The van der Waals surface area contributed by atoms with Gasteiger partial charge in [0.15, 0.2) is 0 Å². The predicted octanol–water partition coefficient (Wildman–Crippen LogP) is 4.47. The van der Waals surface area contributed by atoms with E-state index in [0.29, 0.717) is 44.3 Å². The van der Waals surface area contributed by atoms with Crippen molar-refractivity contribution in [3.8, 4) is 28.4 Å². The summed E-state index contributed by atoms with van der Waals surface area (Å²) in [5.41, 5.74) is 3.45. The molecule has 0 fully saturated rings. The van der Waals surface area contributed by atoms with Crippen LogP contribution in [0.1, 0.15) is 25.3 Å². The van der Waals surface area contributed by atoms with Crippen LogP contribution in [0.4, 0.5) is 5.69 Å². The third-order valence-corrected chi connectivity index (χ3v) is 5.74. The average Bonchev–Trinajstić information content (AvgIpc) is 3.41. The number of benzene rings is 2. The van der Waals surface area contributed by atoms with Crippen molar-refractivity contribution < 1.29 is 23.7 Å². The number of methoxy groups -OCH3 is 1. The second-order valence-corrected chi connectivity index (χ2v) is 8.19. The second-order valence-electron chi connectivity index (χ2n) is 8.19. The molecule has 1 unspecified atom stereocenters. The third-order valence-electron chi connectivity index (χ3n) is 5.74. The van der Waals surface area contributed by atoms with Crippen molar-refractivity contribution in [1.82, 2.24) is 10.2 Å². The summed E-state index contributed by atoms with van der Waals surface area (Å²) in [7, 11) is 1.62. The number of unbranched alkanes of at least 4 members (excludes halogenated alkanes) is 1. The zero-order chi connectivity index (χ0) is 23.8. The number of carbonyl (C=O) groups excluding carboxylic acids is 1. The molecule has 1 atom stereocenters. The van der Waals surface area contributed by atoms with Gasteiger partial charge in [0.1, 0.15) is 30.5 Å². The minimum atomic E-state index is -0.321. The lowest BCUT2D eigenvalue weighted by atomic mass is 9.95. The number of carbonyl (C=O) groups is 1. The van der Waals surface area contributed by atoms with Crippen molar-refractivity contribution >= 4 is 11.6 Å². The Balaban J connectivity index is 1.45. The fourth-order valence-corrected chi connectivity index (χ4v) is 3.79. The van der Waals surface area contributed by atoms with Gasteiger partial charge in [-0.25, -0.2) is 0 Å². The summed E-state index contributed by atoms with van der Waals surface area (Å²) in [6, 6.07) is 11.4. The van der Waals surface area contributed by atoms with Gasteiger partial charge in [0.25, 0.3) is 0 Å². The van der Waals surface area contributed by atoms with Crippen molar-refractivity contribution in [2.45, 2.75) is 26.2 Å². The maximum absolute atomic E-state index is 13.1. The minimum absolute atomic E-state index is 0.117. The van der Waals surface area contributed by atoms with E-state index in [1.54, 1.807) is 13.3 Å². The van der Waals surface area contributed by atoms with E-state index in [0.717, 1.165) is 41.0 Å². The van der Waals surface area contributed by atoms with Crippen LogP contribution in [-0.2, 0) is 16.0 Å². The number of amides is 1. The molecule has 3 aromatic rings. The molecule has 1 aliphatic rings. The standard InChI is InChI=1S/C26H31N3O5/c1-3-4-9-32-10-11-33-25-14-18(21-15-27-28-16-21)5-7-23(25)29-26(30)20-12-19-13-22(31-2)6-8-24(19)34-17-20/h5-8,13-16,20H,3-4,9-12,17H2,1-2H3,(H,27,28)(H,29,30). The number of hydrogen-bond acceptors (Lipinski definition) is 6. The van der Waals surface area contributed by atoms with E-state index in [9.17, 15) is 4.79 Å². The molecule has 1 aromatic heterocycles. The normalized spacial score (nSPS) is 14.7. The Morgan fingerprint density at radius 1 is 1.18 bits per heavy atom. The number of aromatic nitrogens is 2. The lowest BCUT2D eigenvalue weighted by molar-refractivity contribution is -0.121. The molecular formula is C26H31N3O5. The summed E-state index contributed by atoms with van der Waals surface area (Å²) >= 11 is 0. The van der Waals surface area contributed by atoms with Gasteiger partial charge in [0, 0.05) is 18.4 Å². The summed E-state index contributed by atoms with van der Waals surface area (Å²) in [6.45, 7) is 4.04. The van der Waals surface area contributed by atoms with Gasteiger partial charge in [-0.3, -0.25) is 9.89 Å². The lowest BCUT2D eigenvalue weighted by Crippen LogP contribution is -2.32. The summed E-state index contributed by atoms with van der Waals surface area (Å²) < 4.78 is 22.8. The summed E-state index contributed by atoms with van der Waals surface area (Å²) in [6.07, 6.45) is 6.25. The fraction of sp³-hybridized carbons (Fsp3) is 0.385. The van der Waals surface area contributed by atoms with Gasteiger partial charge in [0.05, 0.1) is 31.5 Å². The molecule has 0 bridgehead atoms. The topological polar surface area (TPSA) is 94.7 Å². The number of ether oxygens (including phenoxy) is 4. The van der Waals surface area contributed by atoms with E-state index in [1.807, 2.05) is 42.6 Å². The monoisotopic (exact) mass is 465 g/mol. The Morgan fingerprint density at radius 3 is 2.88 bits per heavy atom. The molecule has 2 heterocycles. The first kappa shape index (κ1) is 23.6. The van der Waals surface area contributed by atoms with Gasteiger partial charge < -0.3 is 24.3 Å². The van der Waals surface area contributed by atoms with E-state index in [1.165, 1.54) is 0 Å². The molecule has 0 radical (unpaired) electrons. The van der Waals surface area contributed by atoms with Crippen LogP contribution >= 0.6 is 0 Å². The van der Waals surface area contributed by atoms with Crippen molar-refractivity contribution in [3.05, 3.63) is 54.4 Å². The Bertz CT molecular complexity index is 1080. The highest BCUT2D eigenvalue weighted by Gasteiger charge is 2.27. The second kappa shape index (κ2) is 11.6. The molecule has 0 spiro atoms. The van der Waals surface area contributed by atoms with Crippen molar-refractivity contribution in [2.24, 2.45) is 5.92 Å². The summed E-state index contributed by atoms with van der Waals surface area (Å²) in [5.74, 6) is 1.69. The quantitative estimate of drug-likeness (QED) is 0.406. The number of aromatic amines is 1. The van der Waals surface area contributed by atoms with E-state index < -0.39 is 0 Å². The first-order chi connectivity index (χ1) is 16.7. The molecule has 8 heteroatoms. The Kier molecular flexibility index (Phi) is 8.04. The van der Waals surface area contributed by atoms with Crippen LogP contribution in [0.3, 0.4) is 0 Å². The number of fused-ring (bicyclic) bond motifs is 1. The van der Waals surface area contributed by atoms with E-state index in [-0.39, 0.29) is 11.8 Å². The molecule has 8 nitrogen and oxygen atoms in total. The molecule has 34 heavy (non-hydrogen) atoms. The van der Waals surface area contributed by atoms with Crippen LogP contribution < -0.4 is 19.5 Å². The zero-order valence-corrected chi connectivity index (χ0v) is 19.6.